The maximum atomic E-state index is 12.3. The average molecular weight is 354 g/mol. The van der Waals surface area contributed by atoms with E-state index in [4.69, 9.17) is 4.98 Å². The van der Waals surface area contributed by atoms with Gasteiger partial charge in [0.25, 0.3) is 0 Å². The normalized spacial score (nSPS) is 18.3. The zero-order valence-electron chi connectivity index (χ0n) is 15.0. The molecule has 136 valence electrons. The fourth-order valence-corrected chi connectivity index (χ4v) is 3.66. The number of nitrogens with one attached hydrogen (secondary N) is 1. The number of carbonyl (C=O) groups is 1. The van der Waals surface area contributed by atoms with E-state index in [0.717, 1.165) is 42.8 Å². The van der Waals surface area contributed by atoms with Crippen LogP contribution in [0.2, 0.25) is 0 Å². The van der Waals surface area contributed by atoms with Gasteiger partial charge in [-0.3, -0.25) is 9.69 Å². The molecule has 0 radical (unpaired) electrons. The summed E-state index contributed by atoms with van der Waals surface area (Å²) in [6.07, 6.45) is 2.13. The van der Waals surface area contributed by atoms with Crippen LogP contribution in [-0.4, -0.2) is 50.3 Å². The molecular formula is C18H22N6O2. The highest BCUT2D eigenvalue weighted by Crippen LogP contribution is 2.28. The molecule has 4 rings (SSSR count). The van der Waals surface area contributed by atoms with Gasteiger partial charge in [0, 0.05) is 19.5 Å². The minimum atomic E-state index is -0.102. The van der Waals surface area contributed by atoms with Crippen LogP contribution in [0.3, 0.4) is 0 Å². The molecule has 0 bridgehead atoms. The first kappa shape index (κ1) is 16.7. The number of hydrogen-bond acceptors (Lipinski definition) is 6. The van der Waals surface area contributed by atoms with Crippen LogP contribution in [-0.2, 0) is 11.8 Å². The number of rotatable bonds is 4. The summed E-state index contributed by atoms with van der Waals surface area (Å²) in [5, 5.41) is 10.1. The number of likely N-dealkylation sites (tertiary alicyclic amines) is 1. The van der Waals surface area contributed by atoms with Gasteiger partial charge < -0.3 is 9.88 Å². The smallest absolute Gasteiger partial charge is 0.239 e. The number of aromatic nitrogens is 4. The summed E-state index contributed by atoms with van der Waals surface area (Å²) in [5.74, 6) is 1.70. The van der Waals surface area contributed by atoms with Gasteiger partial charge in [-0.05, 0) is 43.6 Å². The van der Waals surface area contributed by atoms with Crippen molar-refractivity contribution in [2.75, 3.05) is 25.0 Å². The molecule has 0 saturated carbocycles. The molecule has 2 aromatic heterocycles. The highest BCUT2D eigenvalue weighted by molar-refractivity contribution is 5.91. The van der Waals surface area contributed by atoms with Crippen LogP contribution in [0.15, 0.2) is 28.9 Å². The van der Waals surface area contributed by atoms with E-state index < -0.39 is 0 Å². The van der Waals surface area contributed by atoms with Gasteiger partial charge in [0.05, 0.1) is 17.6 Å². The topological polar surface area (TPSA) is 89.1 Å². The van der Waals surface area contributed by atoms with Gasteiger partial charge in [0.1, 0.15) is 11.5 Å². The first-order chi connectivity index (χ1) is 12.6. The lowest BCUT2D eigenvalue weighted by Crippen LogP contribution is -2.40. The summed E-state index contributed by atoms with van der Waals surface area (Å²) in [4.78, 5) is 19.3. The van der Waals surface area contributed by atoms with E-state index in [0.29, 0.717) is 24.0 Å². The molecular weight excluding hydrogens is 332 g/mol. The Kier molecular flexibility index (Phi) is 4.42. The number of anilines is 1. The minimum Gasteiger partial charge on any atom is -0.331 e. The summed E-state index contributed by atoms with van der Waals surface area (Å²) in [6.45, 7) is 3.80. The van der Waals surface area contributed by atoms with Gasteiger partial charge in [0.15, 0.2) is 5.82 Å². The standard InChI is InChI=1S/C18H22N6O2/c1-12-17(22-26-21-12)20-16(25)11-24-9-5-6-13(10-24)18-19-14-7-3-4-8-15(14)23(18)2/h3-4,7-8,13H,5-6,9-11H2,1-2H3,(H,20,22,25)/t13-/m1/s1. The Labute approximate surface area is 151 Å². The van der Waals surface area contributed by atoms with Crippen molar-refractivity contribution >= 4 is 22.8 Å². The van der Waals surface area contributed by atoms with Crippen LogP contribution in [0.4, 0.5) is 5.82 Å². The molecule has 1 aliphatic rings. The first-order valence-electron chi connectivity index (χ1n) is 8.84. The molecule has 3 heterocycles. The number of aryl methyl sites for hydroxylation is 2. The predicted octanol–water partition coefficient (Wildman–Crippen LogP) is 2.08. The molecule has 1 amide bonds. The summed E-state index contributed by atoms with van der Waals surface area (Å²) < 4.78 is 6.79. The number of nitrogens with zero attached hydrogens (tertiary/aromatic N) is 5. The van der Waals surface area contributed by atoms with Crippen molar-refractivity contribution in [1.29, 1.82) is 0 Å². The molecule has 1 aromatic carbocycles. The lowest BCUT2D eigenvalue weighted by atomic mass is 9.97. The van der Waals surface area contributed by atoms with E-state index in [1.165, 1.54) is 0 Å². The van der Waals surface area contributed by atoms with E-state index in [1.54, 1.807) is 6.92 Å². The lowest BCUT2D eigenvalue weighted by Gasteiger charge is -2.31. The summed E-state index contributed by atoms with van der Waals surface area (Å²) in [7, 11) is 2.07. The molecule has 1 fully saturated rings. The Morgan fingerprint density at radius 1 is 1.35 bits per heavy atom. The van der Waals surface area contributed by atoms with E-state index in [1.807, 2.05) is 18.2 Å². The fraction of sp³-hybridized carbons (Fsp3) is 0.444. The van der Waals surface area contributed by atoms with Crippen molar-refractivity contribution in [3.63, 3.8) is 0 Å². The highest BCUT2D eigenvalue weighted by Gasteiger charge is 2.26. The van der Waals surface area contributed by atoms with Crippen LogP contribution < -0.4 is 5.32 Å². The molecule has 1 N–H and O–H groups in total. The van der Waals surface area contributed by atoms with Crippen molar-refractivity contribution in [3.8, 4) is 0 Å². The van der Waals surface area contributed by atoms with Gasteiger partial charge in [-0.25, -0.2) is 9.61 Å². The number of imidazole rings is 1. The SMILES string of the molecule is Cc1nonc1NC(=O)CN1CCC[C@@H](c2nc3ccccc3n2C)C1. The van der Waals surface area contributed by atoms with Crippen LogP contribution in [0, 0.1) is 6.92 Å². The third kappa shape index (κ3) is 3.20. The first-order valence-corrected chi connectivity index (χ1v) is 8.84. The van der Waals surface area contributed by atoms with Gasteiger partial charge in [0.2, 0.25) is 5.91 Å². The second kappa shape index (κ2) is 6.87. The molecule has 26 heavy (non-hydrogen) atoms. The molecule has 3 aromatic rings. The van der Waals surface area contributed by atoms with Crippen LogP contribution in [0.1, 0.15) is 30.3 Å². The number of piperidine rings is 1. The zero-order chi connectivity index (χ0) is 18.1. The average Bonchev–Trinajstić information content (AvgIpc) is 3.19. The lowest BCUT2D eigenvalue weighted by molar-refractivity contribution is -0.117. The van der Waals surface area contributed by atoms with E-state index in [9.17, 15) is 4.79 Å². The quantitative estimate of drug-likeness (QED) is 0.772. The maximum absolute atomic E-state index is 12.3. The van der Waals surface area contributed by atoms with Crippen LogP contribution in [0.25, 0.3) is 11.0 Å². The Bertz CT molecular complexity index is 931. The number of hydrogen-bond donors (Lipinski definition) is 1. The zero-order valence-corrected chi connectivity index (χ0v) is 15.0. The molecule has 0 aliphatic carbocycles. The Morgan fingerprint density at radius 3 is 2.96 bits per heavy atom. The van der Waals surface area contributed by atoms with Crippen molar-refractivity contribution in [2.24, 2.45) is 7.05 Å². The Hall–Kier alpha value is -2.74. The van der Waals surface area contributed by atoms with Crippen LogP contribution >= 0.6 is 0 Å². The van der Waals surface area contributed by atoms with Crippen LogP contribution in [0.5, 0.6) is 0 Å². The summed E-state index contributed by atoms with van der Waals surface area (Å²) >= 11 is 0. The third-order valence-corrected chi connectivity index (χ3v) is 4.97. The molecule has 0 spiro atoms. The number of para-hydroxylation sites is 2. The van der Waals surface area contributed by atoms with Gasteiger partial charge in [-0.2, -0.15) is 0 Å². The second-order valence-corrected chi connectivity index (χ2v) is 6.84. The molecule has 1 atom stereocenters. The second-order valence-electron chi connectivity index (χ2n) is 6.84. The maximum Gasteiger partial charge on any atom is 0.239 e. The molecule has 8 heteroatoms. The van der Waals surface area contributed by atoms with E-state index in [2.05, 4.69) is 42.8 Å². The molecule has 0 unspecified atom stereocenters. The van der Waals surface area contributed by atoms with Crippen molar-refractivity contribution in [1.82, 2.24) is 24.8 Å². The largest absolute Gasteiger partial charge is 0.331 e. The highest BCUT2D eigenvalue weighted by atomic mass is 16.6. The number of benzene rings is 1. The summed E-state index contributed by atoms with van der Waals surface area (Å²) in [6, 6.07) is 8.18. The predicted molar refractivity (Wildman–Crippen MR) is 96.8 cm³/mol. The monoisotopic (exact) mass is 354 g/mol. The fourth-order valence-electron chi connectivity index (χ4n) is 3.66. The van der Waals surface area contributed by atoms with Crippen molar-refractivity contribution in [2.45, 2.75) is 25.7 Å². The van der Waals surface area contributed by atoms with Gasteiger partial charge in [-0.15, -0.1) is 0 Å². The Balaban J connectivity index is 1.44. The number of carbonyl (C=O) groups excluding carboxylic acids is 1. The molecule has 1 aliphatic heterocycles. The van der Waals surface area contributed by atoms with Gasteiger partial charge >= 0.3 is 0 Å². The van der Waals surface area contributed by atoms with Crippen molar-refractivity contribution in [3.05, 3.63) is 35.8 Å². The summed E-state index contributed by atoms with van der Waals surface area (Å²) in [5.41, 5.74) is 2.75. The van der Waals surface area contributed by atoms with E-state index in [-0.39, 0.29) is 5.91 Å². The molecule has 1 saturated heterocycles. The molecule has 8 nitrogen and oxygen atoms in total. The van der Waals surface area contributed by atoms with Crippen molar-refractivity contribution < 1.29 is 9.42 Å². The van der Waals surface area contributed by atoms with E-state index >= 15 is 0 Å². The minimum absolute atomic E-state index is 0.102. The number of fused-ring (bicyclic) bond motifs is 1. The van der Waals surface area contributed by atoms with Gasteiger partial charge in [-0.1, -0.05) is 17.3 Å². The Morgan fingerprint density at radius 2 is 2.19 bits per heavy atom. The third-order valence-electron chi connectivity index (χ3n) is 4.97. The number of amides is 1.